The van der Waals surface area contributed by atoms with Gasteiger partial charge >= 0.3 is 0 Å². The molecule has 37 heavy (non-hydrogen) atoms. The summed E-state index contributed by atoms with van der Waals surface area (Å²) >= 11 is 0. The van der Waals surface area contributed by atoms with Crippen LogP contribution in [0.4, 0.5) is 10.3 Å². The van der Waals surface area contributed by atoms with Gasteiger partial charge in [0.25, 0.3) is 0 Å². The third-order valence-electron chi connectivity index (χ3n) is 7.54. The standard InChI is InChI=1S/C26H40FN7O2S/c1-5-22(11-8-14-32(3)4)37(35,36)33-15-12-20(13-16-33)30-26-29-17-23(27)25(31-26)24-18-28-19(2)34(24)21-9-6-7-10-21/h5,17-18,20-22H,1,6-16H2,2-4H3,(H,29,30,31). The summed E-state index contributed by atoms with van der Waals surface area (Å²) in [5.41, 5.74) is 0.926. The Balaban J connectivity index is 1.40. The van der Waals surface area contributed by atoms with E-state index >= 15 is 0 Å². The zero-order valence-corrected chi connectivity index (χ0v) is 23.1. The van der Waals surface area contributed by atoms with Crippen molar-refractivity contribution < 1.29 is 12.8 Å². The van der Waals surface area contributed by atoms with E-state index in [0.29, 0.717) is 50.0 Å². The van der Waals surface area contributed by atoms with Gasteiger partial charge in [0.15, 0.2) is 5.82 Å². The SMILES string of the molecule is C=CC(CCCN(C)C)S(=O)(=O)N1CCC(Nc2ncc(F)c(-c3cnc(C)n3C3CCCC3)n2)CC1. The Morgan fingerprint density at radius 1 is 1.19 bits per heavy atom. The molecule has 2 aliphatic rings. The molecule has 4 rings (SSSR count). The van der Waals surface area contributed by atoms with Crippen LogP contribution in [0.5, 0.6) is 0 Å². The van der Waals surface area contributed by atoms with Crippen molar-refractivity contribution in [1.82, 2.24) is 28.7 Å². The maximum atomic E-state index is 14.9. The molecular formula is C26H40FN7O2S. The molecule has 0 aromatic carbocycles. The number of hydrogen-bond acceptors (Lipinski definition) is 7. The van der Waals surface area contributed by atoms with Crippen LogP contribution in [0.15, 0.2) is 25.0 Å². The first-order chi connectivity index (χ1) is 17.7. The molecule has 0 bridgehead atoms. The lowest BCUT2D eigenvalue weighted by Gasteiger charge is -2.33. The molecule has 3 heterocycles. The van der Waals surface area contributed by atoms with Crippen molar-refractivity contribution in [2.24, 2.45) is 0 Å². The fraction of sp³-hybridized carbons (Fsp3) is 0.654. The van der Waals surface area contributed by atoms with Crippen molar-refractivity contribution in [2.45, 2.75) is 75.6 Å². The Bertz CT molecular complexity index is 1170. The molecule has 0 amide bonds. The van der Waals surface area contributed by atoms with Gasteiger partial charge in [-0.3, -0.25) is 0 Å². The van der Waals surface area contributed by atoms with Crippen LogP contribution in [0, 0.1) is 12.7 Å². The summed E-state index contributed by atoms with van der Waals surface area (Å²) in [7, 11) is 0.512. The van der Waals surface area contributed by atoms with Gasteiger partial charge in [-0.1, -0.05) is 18.9 Å². The molecule has 2 fully saturated rings. The summed E-state index contributed by atoms with van der Waals surface area (Å²) in [5.74, 6) is 0.736. The molecule has 1 aliphatic heterocycles. The number of imidazole rings is 1. The van der Waals surface area contributed by atoms with Crippen LogP contribution < -0.4 is 5.32 Å². The van der Waals surface area contributed by atoms with E-state index in [9.17, 15) is 12.8 Å². The van der Waals surface area contributed by atoms with E-state index < -0.39 is 21.1 Å². The highest BCUT2D eigenvalue weighted by Gasteiger charge is 2.33. The topological polar surface area (TPSA) is 96.3 Å². The van der Waals surface area contributed by atoms with Crippen LogP contribution in [-0.4, -0.2) is 82.2 Å². The monoisotopic (exact) mass is 533 g/mol. The quantitative estimate of drug-likeness (QED) is 0.436. The number of nitrogens with one attached hydrogen (secondary N) is 1. The molecular weight excluding hydrogens is 493 g/mol. The number of anilines is 1. The second-order valence-corrected chi connectivity index (χ2v) is 12.6. The number of piperidine rings is 1. The van der Waals surface area contributed by atoms with Crippen LogP contribution in [0.2, 0.25) is 0 Å². The van der Waals surface area contributed by atoms with Crippen LogP contribution in [-0.2, 0) is 10.0 Å². The average Bonchev–Trinajstić information content (AvgIpc) is 3.52. The molecule has 2 aromatic rings. The van der Waals surface area contributed by atoms with Gasteiger partial charge in [0.1, 0.15) is 11.5 Å². The molecule has 1 N–H and O–H groups in total. The molecule has 204 valence electrons. The molecule has 1 aliphatic carbocycles. The maximum Gasteiger partial charge on any atom is 0.223 e. The fourth-order valence-corrected chi connectivity index (χ4v) is 7.30. The Morgan fingerprint density at radius 3 is 2.54 bits per heavy atom. The summed E-state index contributed by atoms with van der Waals surface area (Å²) in [6, 6.07) is 0.319. The van der Waals surface area contributed by atoms with Gasteiger partial charge < -0.3 is 14.8 Å². The first-order valence-electron chi connectivity index (χ1n) is 13.3. The molecule has 11 heteroatoms. The molecule has 1 saturated carbocycles. The number of rotatable bonds is 11. The number of sulfonamides is 1. The van der Waals surface area contributed by atoms with Crippen molar-refractivity contribution >= 4 is 16.0 Å². The summed E-state index contributed by atoms with van der Waals surface area (Å²) in [6.45, 7) is 7.40. The zero-order chi connectivity index (χ0) is 26.6. The highest BCUT2D eigenvalue weighted by molar-refractivity contribution is 7.89. The van der Waals surface area contributed by atoms with E-state index in [4.69, 9.17) is 0 Å². The van der Waals surface area contributed by atoms with E-state index in [1.54, 1.807) is 16.6 Å². The predicted octanol–water partition coefficient (Wildman–Crippen LogP) is 4.01. The van der Waals surface area contributed by atoms with E-state index in [0.717, 1.165) is 31.6 Å². The van der Waals surface area contributed by atoms with Crippen molar-refractivity contribution in [3.63, 3.8) is 0 Å². The Hall–Kier alpha value is -2.37. The second kappa shape index (κ2) is 12.0. The van der Waals surface area contributed by atoms with Gasteiger partial charge in [-0.05, 0) is 66.1 Å². The van der Waals surface area contributed by atoms with E-state index in [2.05, 4.69) is 36.3 Å². The van der Waals surface area contributed by atoms with Gasteiger partial charge in [-0.2, -0.15) is 0 Å². The smallest absolute Gasteiger partial charge is 0.223 e. The number of aromatic nitrogens is 4. The fourth-order valence-electron chi connectivity index (χ4n) is 5.49. The summed E-state index contributed by atoms with van der Waals surface area (Å²) in [4.78, 5) is 15.2. The third kappa shape index (κ3) is 6.38. The summed E-state index contributed by atoms with van der Waals surface area (Å²) in [6.07, 6.45) is 11.5. The minimum Gasteiger partial charge on any atom is -0.351 e. The molecule has 0 radical (unpaired) electrons. The zero-order valence-electron chi connectivity index (χ0n) is 22.2. The number of nitrogens with zero attached hydrogens (tertiary/aromatic N) is 6. The van der Waals surface area contributed by atoms with Gasteiger partial charge in [0.05, 0.1) is 23.3 Å². The molecule has 1 saturated heterocycles. The largest absolute Gasteiger partial charge is 0.351 e. The van der Waals surface area contributed by atoms with Gasteiger partial charge in [0, 0.05) is 25.2 Å². The molecule has 1 unspecified atom stereocenters. The van der Waals surface area contributed by atoms with E-state index in [1.165, 1.54) is 19.0 Å². The summed E-state index contributed by atoms with van der Waals surface area (Å²) < 4.78 is 44.9. The molecule has 2 aromatic heterocycles. The van der Waals surface area contributed by atoms with Gasteiger partial charge in [-0.25, -0.2) is 32.1 Å². The minimum absolute atomic E-state index is 0.00200. The van der Waals surface area contributed by atoms with Crippen molar-refractivity contribution in [1.29, 1.82) is 0 Å². The van der Waals surface area contributed by atoms with E-state index in [1.807, 2.05) is 21.0 Å². The number of aryl methyl sites for hydroxylation is 1. The van der Waals surface area contributed by atoms with Gasteiger partial charge in [0.2, 0.25) is 16.0 Å². The first-order valence-corrected chi connectivity index (χ1v) is 14.8. The second-order valence-electron chi connectivity index (χ2n) is 10.5. The lowest BCUT2D eigenvalue weighted by molar-refractivity contribution is 0.325. The third-order valence-corrected chi connectivity index (χ3v) is 9.82. The molecule has 1 atom stereocenters. The first kappa shape index (κ1) is 27.7. The maximum absolute atomic E-state index is 14.9. The predicted molar refractivity (Wildman–Crippen MR) is 144 cm³/mol. The van der Waals surface area contributed by atoms with Crippen LogP contribution >= 0.6 is 0 Å². The highest BCUT2D eigenvalue weighted by atomic mass is 32.2. The minimum atomic E-state index is -3.45. The highest BCUT2D eigenvalue weighted by Crippen LogP contribution is 2.35. The normalized spacial score (nSPS) is 18.9. The van der Waals surface area contributed by atoms with Crippen LogP contribution in [0.1, 0.15) is 63.2 Å². The lowest BCUT2D eigenvalue weighted by Crippen LogP contribution is -2.45. The number of halogens is 1. The molecule has 9 nitrogen and oxygen atoms in total. The Labute approximate surface area is 220 Å². The molecule has 0 spiro atoms. The van der Waals surface area contributed by atoms with Crippen molar-refractivity contribution in [3.8, 4) is 11.4 Å². The Kier molecular flexibility index (Phi) is 8.97. The van der Waals surface area contributed by atoms with Crippen LogP contribution in [0.3, 0.4) is 0 Å². The average molecular weight is 534 g/mol. The Morgan fingerprint density at radius 2 is 1.89 bits per heavy atom. The lowest BCUT2D eigenvalue weighted by atomic mass is 10.1. The van der Waals surface area contributed by atoms with Gasteiger partial charge in [-0.15, -0.1) is 6.58 Å². The number of hydrogen-bond donors (Lipinski definition) is 1. The van der Waals surface area contributed by atoms with Crippen molar-refractivity contribution in [3.05, 3.63) is 36.7 Å². The van der Waals surface area contributed by atoms with E-state index in [-0.39, 0.29) is 11.7 Å². The van der Waals surface area contributed by atoms with Crippen molar-refractivity contribution in [2.75, 3.05) is 39.0 Å². The van der Waals surface area contributed by atoms with Crippen LogP contribution in [0.25, 0.3) is 11.4 Å². The summed E-state index contributed by atoms with van der Waals surface area (Å²) in [5, 5.41) is 2.73.